The van der Waals surface area contributed by atoms with Crippen LogP contribution in [0.1, 0.15) is 29.8 Å². The lowest BCUT2D eigenvalue weighted by Crippen LogP contribution is -2.22. The number of benzene rings is 3. The van der Waals surface area contributed by atoms with Crippen LogP contribution in [-0.2, 0) is 0 Å². The van der Waals surface area contributed by atoms with Gasteiger partial charge in [-0.3, -0.25) is 14.9 Å². The highest BCUT2D eigenvalue weighted by atomic mass is 16.6. The molecule has 0 aliphatic heterocycles. The number of carbonyl (C=O) groups is 1. The summed E-state index contributed by atoms with van der Waals surface area (Å²) in [6.07, 6.45) is 1.33. The lowest BCUT2D eigenvalue weighted by Gasteiger charge is -2.20. The number of amides is 1. The highest BCUT2D eigenvalue weighted by Gasteiger charge is 2.18. The molecule has 2 N–H and O–H groups in total. The third-order valence-electron chi connectivity index (χ3n) is 4.79. The molecular weight excluding hydrogens is 384 g/mol. The van der Waals surface area contributed by atoms with Gasteiger partial charge in [0, 0.05) is 24.7 Å². The zero-order valence-electron chi connectivity index (χ0n) is 16.7. The fourth-order valence-electron chi connectivity index (χ4n) is 3.23. The fourth-order valence-corrected chi connectivity index (χ4v) is 3.23. The van der Waals surface area contributed by atoms with Crippen LogP contribution in [0.5, 0.6) is 5.75 Å². The first kappa shape index (κ1) is 20.8. The highest BCUT2D eigenvalue weighted by Crippen LogP contribution is 2.29. The Morgan fingerprint density at radius 2 is 1.80 bits per heavy atom. The number of aromatic hydroxyl groups is 1. The number of fused-ring (bicyclic) bond motifs is 1. The van der Waals surface area contributed by atoms with Gasteiger partial charge in [0.25, 0.3) is 11.6 Å². The van der Waals surface area contributed by atoms with Crippen LogP contribution in [0, 0.1) is 10.1 Å². The maximum Gasteiger partial charge on any atom is 0.293 e. The van der Waals surface area contributed by atoms with Crippen molar-refractivity contribution in [1.29, 1.82) is 0 Å². The SMILES string of the molecule is CCN(CC)c1ccc(/C=N\NC(=O)c2cc3ccccc3cc2O)cc1[N+](=O)[O-]. The van der Waals surface area contributed by atoms with E-state index < -0.39 is 10.8 Å². The summed E-state index contributed by atoms with van der Waals surface area (Å²) in [4.78, 5) is 25.3. The number of nitro groups is 1. The Kier molecular flexibility index (Phi) is 6.26. The first-order valence-corrected chi connectivity index (χ1v) is 9.53. The van der Waals surface area contributed by atoms with Gasteiger partial charge in [-0.05, 0) is 42.8 Å². The second-order valence-electron chi connectivity index (χ2n) is 6.59. The molecular formula is C22H22N4O4. The summed E-state index contributed by atoms with van der Waals surface area (Å²) < 4.78 is 0. The van der Waals surface area contributed by atoms with Crippen molar-refractivity contribution in [1.82, 2.24) is 5.43 Å². The van der Waals surface area contributed by atoms with Gasteiger partial charge in [0.15, 0.2) is 0 Å². The molecule has 0 spiro atoms. The van der Waals surface area contributed by atoms with Gasteiger partial charge in [0.1, 0.15) is 11.4 Å². The molecule has 3 aromatic rings. The van der Waals surface area contributed by atoms with Crippen LogP contribution in [0.15, 0.2) is 59.7 Å². The van der Waals surface area contributed by atoms with Crippen LogP contribution < -0.4 is 10.3 Å². The Bertz CT molecular complexity index is 1120. The normalized spacial score (nSPS) is 11.0. The number of hydrogen-bond acceptors (Lipinski definition) is 6. The summed E-state index contributed by atoms with van der Waals surface area (Å²) in [7, 11) is 0. The number of hydrazone groups is 1. The monoisotopic (exact) mass is 406 g/mol. The minimum atomic E-state index is -0.580. The number of phenolic OH excluding ortho intramolecular Hbond substituents is 1. The summed E-state index contributed by atoms with van der Waals surface area (Å²) in [6.45, 7) is 5.16. The van der Waals surface area contributed by atoms with E-state index in [1.165, 1.54) is 18.3 Å². The molecule has 8 heteroatoms. The van der Waals surface area contributed by atoms with Crippen molar-refractivity contribution in [2.45, 2.75) is 13.8 Å². The minimum Gasteiger partial charge on any atom is -0.507 e. The number of phenols is 1. The van der Waals surface area contributed by atoms with Gasteiger partial charge in [-0.15, -0.1) is 0 Å². The molecule has 0 heterocycles. The number of carbonyl (C=O) groups excluding carboxylic acids is 1. The second kappa shape index (κ2) is 9.04. The van der Waals surface area contributed by atoms with Gasteiger partial charge in [-0.25, -0.2) is 5.43 Å². The number of rotatable bonds is 7. The van der Waals surface area contributed by atoms with Gasteiger partial charge in [0.2, 0.25) is 0 Å². The Labute approximate surface area is 173 Å². The van der Waals surface area contributed by atoms with Gasteiger partial charge < -0.3 is 10.0 Å². The molecule has 8 nitrogen and oxygen atoms in total. The van der Waals surface area contributed by atoms with Gasteiger partial charge in [-0.2, -0.15) is 5.10 Å². The predicted molar refractivity (Wildman–Crippen MR) is 117 cm³/mol. The van der Waals surface area contributed by atoms with Crippen molar-refractivity contribution in [2.75, 3.05) is 18.0 Å². The third-order valence-corrected chi connectivity index (χ3v) is 4.79. The van der Waals surface area contributed by atoms with E-state index in [0.717, 1.165) is 10.8 Å². The Hall–Kier alpha value is -3.94. The van der Waals surface area contributed by atoms with E-state index in [4.69, 9.17) is 0 Å². The van der Waals surface area contributed by atoms with Gasteiger partial charge in [0.05, 0.1) is 16.7 Å². The Balaban J connectivity index is 1.79. The first-order valence-electron chi connectivity index (χ1n) is 9.53. The quantitative estimate of drug-likeness (QED) is 0.349. The fraction of sp³-hybridized carbons (Fsp3) is 0.182. The molecule has 0 aliphatic rings. The molecule has 0 bridgehead atoms. The molecule has 3 aromatic carbocycles. The van der Waals surface area contributed by atoms with Gasteiger partial charge >= 0.3 is 0 Å². The third kappa shape index (κ3) is 4.38. The molecule has 3 rings (SSSR count). The molecule has 0 unspecified atom stereocenters. The van der Waals surface area contributed by atoms with E-state index >= 15 is 0 Å². The molecule has 0 radical (unpaired) electrons. The van der Waals surface area contributed by atoms with Crippen LogP contribution >= 0.6 is 0 Å². The molecule has 0 atom stereocenters. The van der Waals surface area contributed by atoms with E-state index in [1.807, 2.05) is 43.0 Å². The van der Waals surface area contributed by atoms with E-state index in [0.29, 0.717) is 24.3 Å². The zero-order valence-corrected chi connectivity index (χ0v) is 16.7. The van der Waals surface area contributed by atoms with Crippen LogP contribution in [0.4, 0.5) is 11.4 Å². The van der Waals surface area contributed by atoms with Crippen molar-refractivity contribution in [3.05, 3.63) is 75.8 Å². The molecule has 1 amide bonds. The molecule has 0 saturated carbocycles. The first-order chi connectivity index (χ1) is 14.4. The van der Waals surface area contributed by atoms with Crippen molar-refractivity contribution in [3.63, 3.8) is 0 Å². The molecule has 30 heavy (non-hydrogen) atoms. The van der Waals surface area contributed by atoms with Crippen molar-refractivity contribution < 1.29 is 14.8 Å². The minimum absolute atomic E-state index is 0.0267. The average Bonchev–Trinajstić information content (AvgIpc) is 2.74. The number of anilines is 1. The van der Waals surface area contributed by atoms with Crippen LogP contribution in [0.2, 0.25) is 0 Å². The van der Waals surface area contributed by atoms with Crippen molar-refractivity contribution in [2.24, 2.45) is 5.10 Å². The molecule has 0 fully saturated rings. The summed E-state index contributed by atoms with van der Waals surface area (Å²) >= 11 is 0. The maximum atomic E-state index is 12.4. The molecule has 0 aromatic heterocycles. The smallest absolute Gasteiger partial charge is 0.293 e. The summed E-state index contributed by atoms with van der Waals surface area (Å²) in [6, 6.07) is 15.2. The lowest BCUT2D eigenvalue weighted by molar-refractivity contribution is -0.384. The number of nitro benzene ring substituents is 1. The van der Waals surface area contributed by atoms with Crippen LogP contribution in [-0.4, -0.2) is 35.2 Å². The number of nitrogens with one attached hydrogen (secondary N) is 1. The average molecular weight is 406 g/mol. The standard InChI is InChI=1S/C22H22N4O4/c1-3-25(4-2)19-10-9-15(11-20(19)26(29)30)14-23-24-22(28)18-12-16-7-5-6-8-17(16)13-21(18)27/h5-14,27H,3-4H2,1-2H3,(H,24,28)/b23-14-. The van der Waals surface area contributed by atoms with Crippen molar-refractivity contribution >= 4 is 34.3 Å². The zero-order chi connectivity index (χ0) is 21.7. The summed E-state index contributed by atoms with van der Waals surface area (Å²) in [5, 5.41) is 27.1. The predicted octanol–water partition coefficient (Wildman–Crippen LogP) is 4.06. The number of nitrogens with zero attached hydrogens (tertiary/aromatic N) is 3. The molecule has 0 saturated heterocycles. The molecule has 154 valence electrons. The van der Waals surface area contributed by atoms with E-state index in [2.05, 4.69) is 10.5 Å². The highest BCUT2D eigenvalue weighted by molar-refractivity contribution is 6.01. The van der Waals surface area contributed by atoms with E-state index in [-0.39, 0.29) is 17.0 Å². The Morgan fingerprint density at radius 3 is 2.43 bits per heavy atom. The summed E-state index contributed by atoms with van der Waals surface area (Å²) in [5.74, 6) is -0.732. The lowest BCUT2D eigenvalue weighted by atomic mass is 10.1. The summed E-state index contributed by atoms with van der Waals surface area (Å²) in [5.41, 5.74) is 3.42. The van der Waals surface area contributed by atoms with Crippen LogP contribution in [0.3, 0.4) is 0 Å². The maximum absolute atomic E-state index is 12.4. The largest absolute Gasteiger partial charge is 0.507 e. The van der Waals surface area contributed by atoms with Crippen molar-refractivity contribution in [3.8, 4) is 5.75 Å². The molecule has 0 aliphatic carbocycles. The topological polar surface area (TPSA) is 108 Å². The number of hydrogen-bond donors (Lipinski definition) is 2. The Morgan fingerprint density at radius 1 is 1.13 bits per heavy atom. The van der Waals surface area contributed by atoms with E-state index in [9.17, 15) is 20.0 Å². The second-order valence-corrected chi connectivity index (χ2v) is 6.59. The van der Waals surface area contributed by atoms with E-state index in [1.54, 1.807) is 18.2 Å². The van der Waals surface area contributed by atoms with Crippen LogP contribution in [0.25, 0.3) is 10.8 Å². The van der Waals surface area contributed by atoms with Gasteiger partial charge in [-0.1, -0.05) is 30.3 Å².